The summed E-state index contributed by atoms with van der Waals surface area (Å²) in [6, 6.07) is 20.6. The van der Waals surface area contributed by atoms with Crippen molar-refractivity contribution in [3.63, 3.8) is 0 Å². The van der Waals surface area contributed by atoms with E-state index >= 15 is 0 Å². The van der Waals surface area contributed by atoms with E-state index in [-0.39, 0.29) is 10.8 Å². The largest absolute Gasteiger partial charge is 0.322 e. The predicted octanol–water partition coefficient (Wildman–Crippen LogP) is 4.71. The zero-order chi connectivity index (χ0) is 21.7. The average Bonchev–Trinajstić information content (AvgIpc) is 2.73. The molecule has 6 nitrogen and oxygen atoms in total. The number of hydrogen-bond donors (Lipinski definition) is 2. The van der Waals surface area contributed by atoms with Gasteiger partial charge in [-0.3, -0.25) is 4.79 Å². The standard InChI is InChI=1S/C22H20BrN3O3S/c1-15-6-3-4-9-21(15)22(27)24-19-8-5-7-17(14-19)16(2)25-26-30(28,29)20-12-10-18(23)11-13-20/h3-14,26H,1-2H3,(H,24,27)/b25-16+. The molecule has 3 aromatic carbocycles. The Morgan fingerprint density at radius 1 is 0.967 bits per heavy atom. The third kappa shape index (κ3) is 5.34. The Morgan fingerprint density at radius 2 is 1.67 bits per heavy atom. The van der Waals surface area contributed by atoms with Crippen molar-refractivity contribution in [2.75, 3.05) is 5.32 Å². The molecule has 0 aromatic heterocycles. The van der Waals surface area contributed by atoms with Gasteiger partial charge in [0.15, 0.2) is 0 Å². The number of benzene rings is 3. The summed E-state index contributed by atoms with van der Waals surface area (Å²) in [4.78, 5) is 14.9. The van der Waals surface area contributed by atoms with Crippen LogP contribution in [0.25, 0.3) is 0 Å². The number of amides is 1. The zero-order valence-electron chi connectivity index (χ0n) is 16.4. The van der Waals surface area contributed by atoms with E-state index in [1.807, 2.05) is 25.1 Å². The fourth-order valence-electron chi connectivity index (χ4n) is 2.71. The van der Waals surface area contributed by atoms with Gasteiger partial charge in [-0.05, 0) is 67.4 Å². The third-order valence-electron chi connectivity index (χ3n) is 4.39. The van der Waals surface area contributed by atoms with Crippen LogP contribution in [-0.4, -0.2) is 20.0 Å². The molecule has 0 aliphatic heterocycles. The lowest BCUT2D eigenvalue weighted by molar-refractivity contribution is 0.102. The van der Waals surface area contributed by atoms with Crippen molar-refractivity contribution in [2.45, 2.75) is 18.7 Å². The van der Waals surface area contributed by atoms with Crippen molar-refractivity contribution in [3.8, 4) is 0 Å². The molecular formula is C22H20BrN3O3S. The van der Waals surface area contributed by atoms with E-state index in [1.54, 1.807) is 49.4 Å². The van der Waals surface area contributed by atoms with Gasteiger partial charge in [-0.15, -0.1) is 0 Å². The first-order chi connectivity index (χ1) is 14.3. The number of halogens is 1. The molecule has 0 bridgehead atoms. The predicted molar refractivity (Wildman–Crippen MR) is 122 cm³/mol. The Morgan fingerprint density at radius 3 is 2.37 bits per heavy atom. The van der Waals surface area contributed by atoms with Gasteiger partial charge in [-0.1, -0.05) is 46.3 Å². The minimum atomic E-state index is -3.78. The van der Waals surface area contributed by atoms with E-state index in [4.69, 9.17) is 0 Å². The van der Waals surface area contributed by atoms with Gasteiger partial charge in [0.05, 0.1) is 10.6 Å². The number of rotatable bonds is 6. The molecule has 3 aromatic rings. The molecule has 1 amide bonds. The van der Waals surface area contributed by atoms with E-state index in [0.29, 0.717) is 22.5 Å². The normalized spacial score (nSPS) is 11.8. The maximum absolute atomic E-state index is 12.5. The molecule has 0 fully saturated rings. The van der Waals surface area contributed by atoms with E-state index < -0.39 is 10.0 Å². The Kier molecular flexibility index (Phi) is 6.69. The minimum absolute atomic E-state index is 0.112. The second kappa shape index (κ2) is 9.23. The first-order valence-corrected chi connectivity index (χ1v) is 11.3. The summed E-state index contributed by atoms with van der Waals surface area (Å²) < 4.78 is 25.6. The van der Waals surface area contributed by atoms with Gasteiger partial charge in [-0.25, -0.2) is 0 Å². The quantitative estimate of drug-likeness (QED) is 0.391. The maximum atomic E-state index is 12.5. The molecule has 8 heteroatoms. The first-order valence-electron chi connectivity index (χ1n) is 9.05. The number of sulfonamides is 1. The number of nitrogens with zero attached hydrogens (tertiary/aromatic N) is 1. The molecule has 30 heavy (non-hydrogen) atoms. The molecule has 0 heterocycles. The molecule has 0 aliphatic carbocycles. The summed E-state index contributed by atoms with van der Waals surface area (Å²) in [5.41, 5.74) is 3.20. The lowest BCUT2D eigenvalue weighted by Gasteiger charge is -2.10. The third-order valence-corrected chi connectivity index (χ3v) is 6.14. The summed E-state index contributed by atoms with van der Waals surface area (Å²) in [7, 11) is -3.78. The molecule has 0 saturated carbocycles. The fraction of sp³-hybridized carbons (Fsp3) is 0.0909. The number of hydrogen-bond acceptors (Lipinski definition) is 4. The van der Waals surface area contributed by atoms with Crippen molar-refractivity contribution >= 4 is 43.3 Å². The van der Waals surface area contributed by atoms with Crippen LogP contribution in [0.4, 0.5) is 5.69 Å². The van der Waals surface area contributed by atoms with Gasteiger partial charge in [0.2, 0.25) is 0 Å². The van der Waals surface area contributed by atoms with Crippen LogP contribution in [0.15, 0.2) is 87.3 Å². The molecular weight excluding hydrogens is 466 g/mol. The number of nitrogens with one attached hydrogen (secondary N) is 2. The number of carbonyl (C=O) groups is 1. The van der Waals surface area contributed by atoms with E-state index in [9.17, 15) is 13.2 Å². The van der Waals surface area contributed by atoms with Crippen molar-refractivity contribution in [1.82, 2.24) is 4.83 Å². The second-order valence-corrected chi connectivity index (χ2v) is 9.17. The van der Waals surface area contributed by atoms with Crippen LogP contribution in [0.3, 0.4) is 0 Å². The van der Waals surface area contributed by atoms with Crippen LogP contribution in [0.1, 0.15) is 28.4 Å². The SMILES string of the molecule is C/C(=N\NS(=O)(=O)c1ccc(Br)cc1)c1cccc(NC(=O)c2ccccc2C)c1. The van der Waals surface area contributed by atoms with Gasteiger partial charge in [0.1, 0.15) is 0 Å². The van der Waals surface area contributed by atoms with Crippen molar-refractivity contribution in [1.29, 1.82) is 0 Å². The van der Waals surface area contributed by atoms with Crippen LogP contribution < -0.4 is 10.1 Å². The number of hydrazone groups is 1. The highest BCUT2D eigenvalue weighted by Crippen LogP contribution is 2.16. The maximum Gasteiger partial charge on any atom is 0.276 e. The lowest BCUT2D eigenvalue weighted by atomic mass is 10.1. The van der Waals surface area contributed by atoms with Gasteiger partial charge in [0.25, 0.3) is 15.9 Å². The van der Waals surface area contributed by atoms with E-state index in [1.165, 1.54) is 12.1 Å². The molecule has 0 aliphatic rings. The van der Waals surface area contributed by atoms with Crippen LogP contribution in [0, 0.1) is 6.92 Å². The monoisotopic (exact) mass is 485 g/mol. The second-order valence-electron chi connectivity index (χ2n) is 6.60. The van der Waals surface area contributed by atoms with Crippen LogP contribution in [0.2, 0.25) is 0 Å². The van der Waals surface area contributed by atoms with Crippen molar-refractivity contribution in [3.05, 3.63) is 94.0 Å². The minimum Gasteiger partial charge on any atom is -0.322 e. The molecule has 3 rings (SSSR count). The summed E-state index contributed by atoms with van der Waals surface area (Å²) in [6.07, 6.45) is 0. The molecule has 0 spiro atoms. The van der Waals surface area contributed by atoms with E-state index in [2.05, 4.69) is 31.2 Å². The lowest BCUT2D eigenvalue weighted by Crippen LogP contribution is -2.20. The Labute approximate surface area is 184 Å². The molecule has 0 saturated heterocycles. The highest BCUT2D eigenvalue weighted by molar-refractivity contribution is 9.10. The van der Waals surface area contributed by atoms with Crippen LogP contribution >= 0.6 is 15.9 Å². The number of aryl methyl sites for hydroxylation is 1. The number of anilines is 1. The molecule has 2 N–H and O–H groups in total. The first kappa shape index (κ1) is 21.7. The van der Waals surface area contributed by atoms with Crippen molar-refractivity contribution in [2.24, 2.45) is 5.10 Å². The Hall–Kier alpha value is -2.97. The van der Waals surface area contributed by atoms with Gasteiger partial charge >= 0.3 is 0 Å². The molecule has 154 valence electrons. The Balaban J connectivity index is 1.75. The van der Waals surface area contributed by atoms with Gasteiger partial charge < -0.3 is 5.32 Å². The summed E-state index contributed by atoms with van der Waals surface area (Å²) in [6.45, 7) is 3.56. The fourth-order valence-corrected chi connectivity index (χ4v) is 3.83. The van der Waals surface area contributed by atoms with Crippen molar-refractivity contribution < 1.29 is 13.2 Å². The van der Waals surface area contributed by atoms with Gasteiger partial charge in [-0.2, -0.15) is 18.4 Å². The summed E-state index contributed by atoms with van der Waals surface area (Å²) in [5, 5.41) is 6.87. The highest BCUT2D eigenvalue weighted by Gasteiger charge is 2.13. The smallest absolute Gasteiger partial charge is 0.276 e. The van der Waals surface area contributed by atoms with Crippen LogP contribution in [-0.2, 0) is 10.0 Å². The summed E-state index contributed by atoms with van der Waals surface area (Å²) in [5.74, 6) is -0.212. The molecule has 0 atom stereocenters. The number of carbonyl (C=O) groups excluding carboxylic acids is 1. The van der Waals surface area contributed by atoms with Crippen LogP contribution in [0.5, 0.6) is 0 Å². The highest BCUT2D eigenvalue weighted by atomic mass is 79.9. The molecule has 0 radical (unpaired) electrons. The van der Waals surface area contributed by atoms with Gasteiger partial charge in [0, 0.05) is 15.7 Å². The zero-order valence-corrected chi connectivity index (χ0v) is 18.8. The topological polar surface area (TPSA) is 87.6 Å². The van der Waals surface area contributed by atoms with E-state index in [0.717, 1.165) is 10.0 Å². The Bertz CT molecular complexity index is 1210. The summed E-state index contributed by atoms with van der Waals surface area (Å²) >= 11 is 3.27. The average molecular weight is 486 g/mol. The molecule has 0 unspecified atom stereocenters.